The van der Waals surface area contributed by atoms with E-state index in [0.717, 1.165) is 16.1 Å². The number of carbonyl (C=O) groups is 1. The maximum absolute atomic E-state index is 12.6. The molecule has 0 spiro atoms. The summed E-state index contributed by atoms with van der Waals surface area (Å²) in [4.78, 5) is 12.6. The molecule has 0 aliphatic carbocycles. The van der Waals surface area contributed by atoms with E-state index in [1.165, 1.54) is 11.3 Å². The molecule has 1 aromatic heterocycles. The van der Waals surface area contributed by atoms with Gasteiger partial charge in [-0.15, -0.1) is 11.3 Å². The molecular formula is C19H25NO2S. The normalized spacial score (nSPS) is 12.3. The van der Waals surface area contributed by atoms with Gasteiger partial charge in [0.1, 0.15) is 5.75 Å². The number of carbonyl (C=O) groups excluding carboxylic acids is 1. The molecule has 1 amide bonds. The SMILES string of the molecule is CC(C)(C)c1cc(C(=O)Nc2cccs2)cc(C(C)(C)C)c1O. The third-order valence-electron chi connectivity index (χ3n) is 3.75. The van der Waals surface area contributed by atoms with Crippen molar-refractivity contribution in [3.05, 3.63) is 46.3 Å². The quantitative estimate of drug-likeness (QED) is 0.784. The van der Waals surface area contributed by atoms with Crippen molar-refractivity contribution in [2.24, 2.45) is 0 Å². The molecule has 0 saturated carbocycles. The third-order valence-corrected chi connectivity index (χ3v) is 4.53. The van der Waals surface area contributed by atoms with E-state index in [4.69, 9.17) is 0 Å². The van der Waals surface area contributed by atoms with Crippen LogP contribution in [0.4, 0.5) is 5.00 Å². The second-order valence-electron chi connectivity index (χ2n) is 7.85. The lowest BCUT2D eigenvalue weighted by atomic mass is 9.78. The second-order valence-corrected chi connectivity index (χ2v) is 8.80. The molecule has 1 heterocycles. The molecule has 23 heavy (non-hydrogen) atoms. The fourth-order valence-electron chi connectivity index (χ4n) is 2.44. The first-order valence-electron chi connectivity index (χ1n) is 7.73. The Morgan fingerprint density at radius 1 is 1.04 bits per heavy atom. The number of nitrogens with one attached hydrogen (secondary N) is 1. The largest absolute Gasteiger partial charge is 0.507 e. The Morgan fingerprint density at radius 2 is 1.57 bits per heavy atom. The zero-order chi connectivity index (χ0) is 17.4. The lowest BCUT2D eigenvalue weighted by molar-refractivity contribution is 0.102. The molecule has 0 aliphatic rings. The molecule has 4 heteroatoms. The molecule has 0 radical (unpaired) electrons. The number of rotatable bonds is 2. The van der Waals surface area contributed by atoms with Crippen LogP contribution in [0, 0.1) is 0 Å². The van der Waals surface area contributed by atoms with Crippen molar-refractivity contribution in [2.45, 2.75) is 52.4 Å². The Kier molecular flexibility index (Phi) is 4.58. The lowest BCUT2D eigenvalue weighted by Crippen LogP contribution is -2.20. The summed E-state index contributed by atoms with van der Waals surface area (Å²) in [6.07, 6.45) is 0. The molecule has 3 nitrogen and oxygen atoms in total. The number of anilines is 1. The Bertz CT molecular complexity index is 669. The van der Waals surface area contributed by atoms with Gasteiger partial charge in [-0.2, -0.15) is 0 Å². The van der Waals surface area contributed by atoms with Crippen LogP contribution in [-0.2, 0) is 10.8 Å². The molecule has 2 aromatic rings. The average molecular weight is 331 g/mol. The van der Waals surface area contributed by atoms with Crippen LogP contribution >= 0.6 is 11.3 Å². The number of phenols is 1. The van der Waals surface area contributed by atoms with Crippen molar-refractivity contribution in [1.82, 2.24) is 0 Å². The summed E-state index contributed by atoms with van der Waals surface area (Å²) < 4.78 is 0. The smallest absolute Gasteiger partial charge is 0.256 e. The summed E-state index contributed by atoms with van der Waals surface area (Å²) in [6.45, 7) is 12.2. The van der Waals surface area contributed by atoms with Crippen LogP contribution in [-0.4, -0.2) is 11.0 Å². The van der Waals surface area contributed by atoms with Crippen LogP contribution in [0.2, 0.25) is 0 Å². The van der Waals surface area contributed by atoms with E-state index in [-0.39, 0.29) is 22.5 Å². The predicted molar refractivity (Wildman–Crippen MR) is 97.8 cm³/mol. The van der Waals surface area contributed by atoms with Gasteiger partial charge in [0.05, 0.1) is 5.00 Å². The maximum Gasteiger partial charge on any atom is 0.256 e. The molecule has 0 aliphatic heterocycles. The number of aromatic hydroxyl groups is 1. The maximum atomic E-state index is 12.6. The van der Waals surface area contributed by atoms with Gasteiger partial charge in [-0.05, 0) is 40.5 Å². The summed E-state index contributed by atoms with van der Waals surface area (Å²) in [6, 6.07) is 7.37. The van der Waals surface area contributed by atoms with Crippen LogP contribution in [0.25, 0.3) is 0 Å². The minimum absolute atomic E-state index is 0.150. The highest BCUT2D eigenvalue weighted by molar-refractivity contribution is 7.14. The minimum atomic E-state index is -0.247. The van der Waals surface area contributed by atoms with Crippen molar-refractivity contribution in [3.63, 3.8) is 0 Å². The zero-order valence-electron chi connectivity index (χ0n) is 14.7. The fourth-order valence-corrected chi connectivity index (χ4v) is 3.06. The first kappa shape index (κ1) is 17.5. The Balaban J connectivity index is 2.53. The monoisotopic (exact) mass is 331 g/mol. The van der Waals surface area contributed by atoms with Crippen LogP contribution < -0.4 is 5.32 Å². The molecule has 0 fully saturated rings. The van der Waals surface area contributed by atoms with Gasteiger partial charge in [0.25, 0.3) is 5.91 Å². The summed E-state index contributed by atoms with van der Waals surface area (Å²) in [5.41, 5.74) is 1.67. The fraction of sp³-hybridized carbons (Fsp3) is 0.421. The Hall–Kier alpha value is -1.81. The summed E-state index contributed by atoms with van der Waals surface area (Å²) >= 11 is 1.49. The molecule has 2 N–H and O–H groups in total. The van der Waals surface area contributed by atoms with E-state index >= 15 is 0 Å². The van der Waals surface area contributed by atoms with E-state index in [1.807, 2.05) is 59.1 Å². The van der Waals surface area contributed by atoms with Gasteiger partial charge >= 0.3 is 0 Å². The zero-order valence-corrected chi connectivity index (χ0v) is 15.5. The van der Waals surface area contributed by atoms with E-state index in [0.29, 0.717) is 5.56 Å². The molecule has 0 saturated heterocycles. The van der Waals surface area contributed by atoms with E-state index in [1.54, 1.807) is 12.1 Å². The van der Waals surface area contributed by atoms with Crippen molar-refractivity contribution >= 4 is 22.2 Å². The van der Waals surface area contributed by atoms with E-state index in [2.05, 4.69) is 5.32 Å². The van der Waals surface area contributed by atoms with Crippen LogP contribution in [0.1, 0.15) is 63.0 Å². The van der Waals surface area contributed by atoms with Gasteiger partial charge in [-0.3, -0.25) is 4.79 Å². The highest BCUT2D eigenvalue weighted by Crippen LogP contribution is 2.39. The molecular weight excluding hydrogens is 306 g/mol. The van der Waals surface area contributed by atoms with Crippen LogP contribution in [0.5, 0.6) is 5.75 Å². The lowest BCUT2D eigenvalue weighted by Gasteiger charge is -2.28. The standard InChI is InChI=1S/C19H25NO2S/c1-18(2,3)13-10-12(11-14(16(13)21)19(4,5)6)17(22)20-15-8-7-9-23-15/h7-11,21H,1-6H3,(H,20,22). The number of thiophene rings is 1. The number of amides is 1. The first-order chi connectivity index (χ1) is 10.5. The van der Waals surface area contributed by atoms with E-state index in [9.17, 15) is 9.90 Å². The van der Waals surface area contributed by atoms with Crippen LogP contribution in [0.15, 0.2) is 29.6 Å². The summed E-state index contributed by atoms with van der Waals surface area (Å²) in [7, 11) is 0. The Labute approximate surface area is 142 Å². The van der Waals surface area contributed by atoms with Gasteiger partial charge in [-0.25, -0.2) is 0 Å². The van der Waals surface area contributed by atoms with Gasteiger partial charge in [0, 0.05) is 16.7 Å². The highest BCUT2D eigenvalue weighted by atomic mass is 32.1. The summed E-state index contributed by atoms with van der Waals surface area (Å²) in [5.74, 6) is 0.140. The number of phenolic OH excluding ortho intramolecular Hbond substituents is 1. The van der Waals surface area contributed by atoms with Gasteiger partial charge < -0.3 is 10.4 Å². The molecule has 0 atom stereocenters. The summed E-state index contributed by atoms with van der Waals surface area (Å²) in [5, 5.41) is 16.3. The van der Waals surface area contributed by atoms with Crippen molar-refractivity contribution in [2.75, 3.05) is 5.32 Å². The van der Waals surface area contributed by atoms with Gasteiger partial charge in [-0.1, -0.05) is 41.5 Å². The van der Waals surface area contributed by atoms with Gasteiger partial charge in [0.15, 0.2) is 0 Å². The second kappa shape index (κ2) is 6.00. The molecule has 2 rings (SSSR count). The topological polar surface area (TPSA) is 49.3 Å². The minimum Gasteiger partial charge on any atom is -0.507 e. The highest BCUT2D eigenvalue weighted by Gasteiger charge is 2.27. The van der Waals surface area contributed by atoms with Gasteiger partial charge in [0.2, 0.25) is 0 Å². The van der Waals surface area contributed by atoms with Crippen molar-refractivity contribution in [3.8, 4) is 5.75 Å². The third kappa shape index (κ3) is 3.94. The molecule has 0 unspecified atom stereocenters. The Morgan fingerprint density at radius 3 is 1.96 bits per heavy atom. The first-order valence-corrected chi connectivity index (χ1v) is 8.61. The molecule has 1 aromatic carbocycles. The molecule has 124 valence electrons. The van der Waals surface area contributed by atoms with Crippen LogP contribution in [0.3, 0.4) is 0 Å². The number of benzene rings is 1. The molecule has 0 bridgehead atoms. The van der Waals surface area contributed by atoms with E-state index < -0.39 is 0 Å². The van der Waals surface area contributed by atoms with Crippen molar-refractivity contribution in [1.29, 1.82) is 0 Å². The van der Waals surface area contributed by atoms with Crippen molar-refractivity contribution < 1.29 is 9.90 Å². The average Bonchev–Trinajstić information content (AvgIpc) is 2.88. The number of hydrogen-bond acceptors (Lipinski definition) is 3. The predicted octanol–water partition coefficient (Wildman–Crippen LogP) is 5.30. The number of hydrogen-bond donors (Lipinski definition) is 2.